The Balaban J connectivity index is 2.85. The molecule has 1 atom stereocenters. The van der Waals surface area contributed by atoms with E-state index in [0.717, 1.165) is 12.8 Å². The van der Waals surface area contributed by atoms with Crippen LogP contribution in [0.4, 0.5) is 0 Å². The minimum absolute atomic E-state index is 0.0624. The van der Waals surface area contributed by atoms with Crippen molar-refractivity contribution in [3.8, 4) is 0 Å². The van der Waals surface area contributed by atoms with Crippen molar-refractivity contribution in [3.05, 3.63) is 0 Å². The lowest BCUT2D eigenvalue weighted by atomic mass is 9.88. The Morgan fingerprint density at radius 1 is 1.47 bits per heavy atom. The molecule has 0 aromatic heterocycles. The molecule has 0 saturated carbocycles. The van der Waals surface area contributed by atoms with Gasteiger partial charge >= 0.3 is 0 Å². The Kier molecular flexibility index (Phi) is 4.23. The Morgan fingerprint density at radius 3 is 2.60 bits per heavy atom. The number of halogens is 1. The third-order valence-corrected chi connectivity index (χ3v) is 5.44. The molecule has 0 aromatic rings. The molecule has 0 aromatic carbocycles. The Bertz CT molecular complexity index is 313. The summed E-state index contributed by atoms with van der Waals surface area (Å²) in [4.78, 5) is 0.435. The fourth-order valence-electron chi connectivity index (χ4n) is 2.03. The number of sulfonamides is 1. The van der Waals surface area contributed by atoms with E-state index in [-0.39, 0.29) is 11.2 Å². The molecule has 0 radical (unpaired) electrons. The second-order valence-electron chi connectivity index (χ2n) is 4.99. The predicted octanol–water partition coefficient (Wildman–Crippen LogP) is 2.22. The number of rotatable bonds is 2. The minimum atomic E-state index is -3.03. The molecular weight excluding hydrogens is 278 g/mol. The van der Waals surface area contributed by atoms with Crippen molar-refractivity contribution >= 4 is 26.0 Å². The second-order valence-corrected chi connectivity index (χ2v) is 8.54. The first-order valence-electron chi connectivity index (χ1n) is 5.39. The van der Waals surface area contributed by atoms with Gasteiger partial charge < -0.3 is 0 Å². The number of nitrogens with zero attached hydrogens (tertiary/aromatic N) is 1. The zero-order valence-electron chi connectivity index (χ0n) is 9.66. The first-order chi connectivity index (χ1) is 6.77. The van der Waals surface area contributed by atoms with Gasteiger partial charge in [-0.25, -0.2) is 12.7 Å². The van der Waals surface area contributed by atoms with Gasteiger partial charge in [-0.2, -0.15) is 0 Å². The van der Waals surface area contributed by atoms with Crippen molar-refractivity contribution in [2.24, 2.45) is 5.41 Å². The van der Waals surface area contributed by atoms with Gasteiger partial charge in [0.15, 0.2) is 0 Å². The summed E-state index contributed by atoms with van der Waals surface area (Å²) < 4.78 is 25.3. The first-order valence-corrected chi connectivity index (χ1v) is 7.91. The molecular formula is C10H20BrNO2S. The van der Waals surface area contributed by atoms with Gasteiger partial charge in [0.2, 0.25) is 10.0 Å². The first kappa shape index (κ1) is 13.5. The number of alkyl halides is 1. The normalized spacial score (nSPS) is 28.7. The Labute approximate surface area is 101 Å². The average Bonchev–Trinajstić information content (AvgIpc) is 2.23. The zero-order valence-corrected chi connectivity index (χ0v) is 12.1. The molecule has 1 heterocycles. The summed E-state index contributed by atoms with van der Waals surface area (Å²) in [6, 6.07) is 0. The molecule has 0 N–H and O–H groups in total. The van der Waals surface area contributed by atoms with Gasteiger partial charge in [0.25, 0.3) is 0 Å². The van der Waals surface area contributed by atoms with Crippen LogP contribution in [0.25, 0.3) is 0 Å². The van der Waals surface area contributed by atoms with Crippen molar-refractivity contribution in [3.63, 3.8) is 0 Å². The topological polar surface area (TPSA) is 37.4 Å². The monoisotopic (exact) mass is 297 g/mol. The second kappa shape index (κ2) is 4.72. The third-order valence-electron chi connectivity index (χ3n) is 2.83. The summed E-state index contributed by atoms with van der Waals surface area (Å²) in [6.45, 7) is 7.26. The molecule has 1 aliphatic heterocycles. The lowest BCUT2D eigenvalue weighted by molar-refractivity contribution is 0.275. The molecule has 1 saturated heterocycles. The fourth-order valence-corrected chi connectivity index (χ4v) is 4.40. The van der Waals surface area contributed by atoms with Crippen molar-refractivity contribution in [2.45, 2.75) is 38.4 Å². The highest BCUT2D eigenvalue weighted by Gasteiger charge is 2.33. The van der Waals surface area contributed by atoms with Crippen LogP contribution in [0.2, 0.25) is 0 Å². The van der Waals surface area contributed by atoms with Crippen molar-refractivity contribution in [2.75, 3.05) is 18.8 Å². The smallest absolute Gasteiger partial charge is 0.212 e. The largest absolute Gasteiger partial charge is 0.213 e. The molecule has 0 spiro atoms. The fraction of sp³-hybridized carbons (Fsp3) is 1.00. The summed E-state index contributed by atoms with van der Waals surface area (Å²) in [5.74, 6) is 0.204. The van der Waals surface area contributed by atoms with E-state index in [2.05, 4.69) is 29.8 Å². The number of hydrogen-bond donors (Lipinski definition) is 0. The predicted molar refractivity (Wildman–Crippen MR) is 66.8 cm³/mol. The van der Waals surface area contributed by atoms with E-state index in [1.807, 2.05) is 0 Å². The lowest BCUT2D eigenvalue weighted by Crippen LogP contribution is -2.38. The molecule has 1 aliphatic rings. The van der Waals surface area contributed by atoms with Gasteiger partial charge in [-0.3, -0.25) is 0 Å². The van der Waals surface area contributed by atoms with E-state index < -0.39 is 10.0 Å². The quantitative estimate of drug-likeness (QED) is 0.733. The van der Waals surface area contributed by atoms with Gasteiger partial charge in [-0.05, 0) is 25.2 Å². The van der Waals surface area contributed by atoms with Gasteiger partial charge in [0, 0.05) is 17.9 Å². The summed E-state index contributed by atoms with van der Waals surface area (Å²) in [5.41, 5.74) is 0.0624. The van der Waals surface area contributed by atoms with Crippen LogP contribution in [0.1, 0.15) is 33.6 Å². The highest BCUT2D eigenvalue weighted by molar-refractivity contribution is 9.09. The van der Waals surface area contributed by atoms with Gasteiger partial charge in [-0.1, -0.05) is 29.8 Å². The zero-order chi connectivity index (χ0) is 11.7. The van der Waals surface area contributed by atoms with Gasteiger partial charge in [0.1, 0.15) is 0 Å². The summed E-state index contributed by atoms with van der Waals surface area (Å²) >= 11 is 3.61. The number of hydrogen-bond acceptors (Lipinski definition) is 2. The minimum Gasteiger partial charge on any atom is -0.212 e. The molecule has 3 nitrogen and oxygen atoms in total. The van der Waals surface area contributed by atoms with Gasteiger partial charge in [-0.15, -0.1) is 0 Å². The molecule has 15 heavy (non-hydrogen) atoms. The summed E-state index contributed by atoms with van der Waals surface area (Å²) in [7, 11) is -3.03. The standard InChI is InChI=1S/C10H20BrNO2S/c1-4-15(13,14)12-6-5-9(11)7-10(2,3)8-12/h9H,4-8H2,1-3H3. The van der Waals surface area contributed by atoms with Crippen LogP contribution in [-0.4, -0.2) is 36.4 Å². The Hall–Kier alpha value is 0.390. The van der Waals surface area contributed by atoms with E-state index in [0.29, 0.717) is 17.9 Å². The van der Waals surface area contributed by atoms with Crippen molar-refractivity contribution in [1.29, 1.82) is 0 Å². The average molecular weight is 298 g/mol. The Morgan fingerprint density at radius 2 is 2.07 bits per heavy atom. The summed E-state index contributed by atoms with van der Waals surface area (Å²) in [5, 5.41) is 0. The van der Waals surface area contributed by atoms with Crippen LogP contribution < -0.4 is 0 Å². The van der Waals surface area contributed by atoms with E-state index in [9.17, 15) is 8.42 Å². The lowest BCUT2D eigenvalue weighted by Gasteiger charge is -2.28. The van der Waals surface area contributed by atoms with Crippen molar-refractivity contribution < 1.29 is 8.42 Å². The van der Waals surface area contributed by atoms with E-state index in [4.69, 9.17) is 0 Å². The van der Waals surface area contributed by atoms with Crippen LogP contribution in [0, 0.1) is 5.41 Å². The molecule has 1 unspecified atom stereocenters. The van der Waals surface area contributed by atoms with Crippen LogP contribution in [0.3, 0.4) is 0 Å². The summed E-state index contributed by atoms with van der Waals surface area (Å²) in [6.07, 6.45) is 1.94. The molecule has 90 valence electrons. The highest BCUT2D eigenvalue weighted by atomic mass is 79.9. The van der Waals surface area contributed by atoms with E-state index >= 15 is 0 Å². The van der Waals surface area contributed by atoms with Gasteiger partial charge in [0.05, 0.1) is 5.75 Å². The molecule has 5 heteroatoms. The highest BCUT2D eigenvalue weighted by Crippen LogP contribution is 2.32. The van der Waals surface area contributed by atoms with E-state index in [1.165, 1.54) is 0 Å². The molecule has 0 amide bonds. The van der Waals surface area contributed by atoms with Crippen LogP contribution >= 0.6 is 15.9 Å². The maximum absolute atomic E-state index is 11.8. The van der Waals surface area contributed by atoms with E-state index in [1.54, 1.807) is 11.2 Å². The third kappa shape index (κ3) is 3.71. The van der Waals surface area contributed by atoms with Crippen LogP contribution in [0.15, 0.2) is 0 Å². The van der Waals surface area contributed by atoms with Crippen molar-refractivity contribution in [1.82, 2.24) is 4.31 Å². The molecule has 1 rings (SSSR count). The van der Waals surface area contributed by atoms with Crippen LogP contribution in [0.5, 0.6) is 0 Å². The maximum Gasteiger partial charge on any atom is 0.213 e. The molecule has 1 fully saturated rings. The SMILES string of the molecule is CCS(=O)(=O)N1CCC(Br)CC(C)(C)C1. The molecule has 0 aliphatic carbocycles. The van der Waals surface area contributed by atoms with Crippen LogP contribution in [-0.2, 0) is 10.0 Å². The molecule has 0 bridgehead atoms. The maximum atomic E-state index is 11.8.